The van der Waals surface area contributed by atoms with E-state index in [-0.39, 0.29) is 0 Å². The molecule has 4 unspecified atom stereocenters. The molecule has 0 aromatic carbocycles. The Kier molecular flexibility index (Phi) is 3.35. The zero-order valence-electron chi connectivity index (χ0n) is 11.9. The second-order valence-electron chi connectivity index (χ2n) is 6.65. The average Bonchev–Trinajstić information content (AvgIpc) is 3.03. The zero-order valence-corrected chi connectivity index (χ0v) is 11.9. The monoisotopic (exact) mass is 278 g/mol. The smallest absolute Gasteiger partial charge is 0.317 e. The Morgan fingerprint density at radius 3 is 2.45 bits per heavy atom. The van der Waals surface area contributed by atoms with E-state index in [2.05, 4.69) is 19.1 Å². The number of hydrogen-bond donors (Lipinski definition) is 1. The van der Waals surface area contributed by atoms with E-state index >= 15 is 0 Å². The van der Waals surface area contributed by atoms with Crippen LogP contribution in [0.3, 0.4) is 0 Å². The summed E-state index contributed by atoms with van der Waals surface area (Å²) in [6.07, 6.45) is 9.16. The van der Waals surface area contributed by atoms with Gasteiger partial charge >= 0.3 is 11.9 Å². The molecular weight excluding hydrogens is 256 g/mol. The Morgan fingerprint density at radius 1 is 1.25 bits per heavy atom. The normalized spacial score (nSPS) is 37.2. The number of esters is 1. The van der Waals surface area contributed by atoms with Crippen LogP contribution in [0.15, 0.2) is 12.2 Å². The van der Waals surface area contributed by atoms with Crippen molar-refractivity contribution in [3.8, 4) is 0 Å². The molecule has 3 rings (SSSR count). The van der Waals surface area contributed by atoms with Crippen molar-refractivity contribution in [2.24, 2.45) is 23.7 Å². The number of carbonyl (C=O) groups excluding carboxylic acids is 1. The molecule has 3 aliphatic carbocycles. The molecule has 20 heavy (non-hydrogen) atoms. The van der Waals surface area contributed by atoms with E-state index in [9.17, 15) is 9.59 Å². The van der Waals surface area contributed by atoms with Crippen LogP contribution in [0, 0.1) is 23.7 Å². The van der Waals surface area contributed by atoms with E-state index in [4.69, 9.17) is 9.84 Å². The first-order chi connectivity index (χ1) is 9.52. The molecule has 4 heteroatoms. The number of carboxylic acids is 1. The maximum Gasteiger partial charge on any atom is 0.317 e. The average molecular weight is 278 g/mol. The fraction of sp³-hybridized carbons (Fsp3) is 0.750. The van der Waals surface area contributed by atoms with Crippen LogP contribution in [-0.4, -0.2) is 22.6 Å². The van der Waals surface area contributed by atoms with Gasteiger partial charge in [-0.15, -0.1) is 0 Å². The van der Waals surface area contributed by atoms with Gasteiger partial charge in [-0.1, -0.05) is 19.1 Å². The minimum Gasteiger partial charge on any atom is -0.481 e. The summed E-state index contributed by atoms with van der Waals surface area (Å²) >= 11 is 0. The van der Waals surface area contributed by atoms with Crippen molar-refractivity contribution in [1.82, 2.24) is 0 Å². The second kappa shape index (κ2) is 4.90. The number of rotatable bonds is 4. The Balaban J connectivity index is 1.80. The van der Waals surface area contributed by atoms with Gasteiger partial charge in [0.1, 0.15) is 12.0 Å². The molecule has 3 aliphatic rings. The lowest BCUT2D eigenvalue weighted by atomic mass is 9.72. The van der Waals surface area contributed by atoms with Crippen LogP contribution in [-0.2, 0) is 14.3 Å². The number of carboxylic acid groups (broad SMARTS) is 1. The van der Waals surface area contributed by atoms with Crippen LogP contribution in [0.1, 0.15) is 45.4 Å². The predicted molar refractivity (Wildman–Crippen MR) is 72.9 cm³/mol. The molecule has 0 aromatic heterocycles. The van der Waals surface area contributed by atoms with Gasteiger partial charge in [-0.2, -0.15) is 0 Å². The lowest BCUT2D eigenvalue weighted by Gasteiger charge is -2.41. The Morgan fingerprint density at radius 2 is 1.90 bits per heavy atom. The first-order valence-electron chi connectivity index (χ1n) is 7.64. The summed E-state index contributed by atoms with van der Waals surface area (Å²) in [7, 11) is 0. The van der Waals surface area contributed by atoms with E-state index in [0.717, 1.165) is 25.7 Å². The van der Waals surface area contributed by atoms with Crippen LogP contribution in [0.4, 0.5) is 0 Å². The lowest BCUT2D eigenvalue weighted by molar-refractivity contribution is -0.172. The van der Waals surface area contributed by atoms with Crippen LogP contribution in [0.5, 0.6) is 0 Å². The molecule has 2 saturated carbocycles. The van der Waals surface area contributed by atoms with E-state index in [0.29, 0.717) is 23.7 Å². The zero-order chi connectivity index (χ0) is 14.3. The fourth-order valence-electron chi connectivity index (χ4n) is 4.80. The van der Waals surface area contributed by atoms with Crippen molar-refractivity contribution in [1.29, 1.82) is 0 Å². The molecule has 2 bridgehead atoms. The molecule has 0 aromatic rings. The summed E-state index contributed by atoms with van der Waals surface area (Å²) in [4.78, 5) is 22.6. The number of hydrogen-bond acceptors (Lipinski definition) is 3. The van der Waals surface area contributed by atoms with Crippen molar-refractivity contribution >= 4 is 11.9 Å². The van der Waals surface area contributed by atoms with Crippen molar-refractivity contribution in [2.45, 2.75) is 51.0 Å². The molecule has 110 valence electrons. The second-order valence-corrected chi connectivity index (χ2v) is 6.65. The number of fused-ring (bicyclic) bond motifs is 2. The Bertz CT molecular complexity index is 447. The third-order valence-corrected chi connectivity index (χ3v) is 5.52. The van der Waals surface area contributed by atoms with Gasteiger partial charge in [0, 0.05) is 5.92 Å². The van der Waals surface area contributed by atoms with Crippen LogP contribution >= 0.6 is 0 Å². The SMILES string of the molecule is CC1C2C=CC(C2)C1C1(OC(=O)CC(=O)O)CCCC1. The van der Waals surface area contributed by atoms with Crippen molar-refractivity contribution in [3.63, 3.8) is 0 Å². The quantitative estimate of drug-likeness (QED) is 0.488. The van der Waals surface area contributed by atoms with Gasteiger partial charge in [-0.25, -0.2) is 0 Å². The van der Waals surface area contributed by atoms with E-state index in [1.54, 1.807) is 0 Å². The largest absolute Gasteiger partial charge is 0.481 e. The van der Waals surface area contributed by atoms with E-state index in [1.807, 2.05) is 0 Å². The summed E-state index contributed by atoms with van der Waals surface area (Å²) in [5, 5.41) is 8.75. The van der Waals surface area contributed by atoms with Crippen LogP contribution < -0.4 is 0 Å². The number of aliphatic carboxylic acids is 1. The lowest BCUT2D eigenvalue weighted by Crippen LogP contribution is -2.45. The predicted octanol–water partition coefficient (Wildman–Crippen LogP) is 2.78. The highest BCUT2D eigenvalue weighted by Gasteiger charge is 2.55. The van der Waals surface area contributed by atoms with E-state index < -0.39 is 24.0 Å². The highest BCUT2D eigenvalue weighted by Crippen LogP contribution is 2.57. The highest BCUT2D eigenvalue weighted by molar-refractivity contribution is 5.90. The fourth-order valence-corrected chi connectivity index (χ4v) is 4.80. The maximum atomic E-state index is 11.9. The van der Waals surface area contributed by atoms with Gasteiger partial charge in [0.2, 0.25) is 0 Å². The molecule has 2 fully saturated rings. The summed E-state index contributed by atoms with van der Waals surface area (Å²) in [5.74, 6) is 0.340. The number of carbonyl (C=O) groups is 2. The third kappa shape index (κ3) is 2.15. The van der Waals surface area contributed by atoms with Gasteiger partial charge in [0.05, 0.1) is 0 Å². The van der Waals surface area contributed by atoms with Gasteiger partial charge in [0.15, 0.2) is 0 Å². The maximum absolute atomic E-state index is 11.9. The first-order valence-corrected chi connectivity index (χ1v) is 7.64. The van der Waals surface area contributed by atoms with Crippen LogP contribution in [0.2, 0.25) is 0 Å². The highest BCUT2D eigenvalue weighted by atomic mass is 16.6. The molecule has 0 aliphatic heterocycles. The topological polar surface area (TPSA) is 63.6 Å². The Hall–Kier alpha value is -1.32. The minimum absolute atomic E-state index is 0.373. The summed E-state index contributed by atoms with van der Waals surface area (Å²) in [5.41, 5.74) is -0.407. The first kappa shape index (κ1) is 13.7. The number of ether oxygens (including phenoxy) is 1. The van der Waals surface area contributed by atoms with Crippen LogP contribution in [0.25, 0.3) is 0 Å². The standard InChI is InChI=1S/C16H22O4/c1-10-11-4-5-12(8-11)15(10)16(6-2-3-7-16)20-14(19)9-13(17)18/h4-5,10-12,15H,2-3,6-9H2,1H3,(H,17,18). The molecule has 0 spiro atoms. The van der Waals surface area contributed by atoms with Crippen molar-refractivity contribution in [3.05, 3.63) is 12.2 Å². The molecule has 0 radical (unpaired) electrons. The molecule has 1 N–H and O–H groups in total. The third-order valence-electron chi connectivity index (χ3n) is 5.52. The summed E-state index contributed by atoms with van der Waals surface area (Å²) < 4.78 is 5.76. The van der Waals surface area contributed by atoms with E-state index in [1.165, 1.54) is 6.42 Å². The molecular formula is C16H22O4. The van der Waals surface area contributed by atoms with Crippen molar-refractivity contribution in [2.75, 3.05) is 0 Å². The van der Waals surface area contributed by atoms with Crippen molar-refractivity contribution < 1.29 is 19.4 Å². The summed E-state index contributed by atoms with van der Waals surface area (Å²) in [6, 6.07) is 0. The molecule has 4 atom stereocenters. The molecule has 0 saturated heterocycles. The van der Waals surface area contributed by atoms with Gasteiger partial charge in [-0.05, 0) is 49.9 Å². The minimum atomic E-state index is -1.11. The summed E-state index contributed by atoms with van der Waals surface area (Å²) in [6.45, 7) is 2.25. The van der Waals surface area contributed by atoms with Gasteiger partial charge in [-0.3, -0.25) is 9.59 Å². The van der Waals surface area contributed by atoms with Gasteiger partial charge < -0.3 is 9.84 Å². The molecule has 0 heterocycles. The molecule has 4 nitrogen and oxygen atoms in total. The Labute approximate surface area is 119 Å². The molecule has 0 amide bonds. The number of allylic oxidation sites excluding steroid dienone is 2. The van der Waals surface area contributed by atoms with Gasteiger partial charge in [0.25, 0.3) is 0 Å².